The predicted octanol–water partition coefficient (Wildman–Crippen LogP) is 4.03. The zero-order chi connectivity index (χ0) is 15.6. The summed E-state index contributed by atoms with van der Waals surface area (Å²) in [6, 6.07) is 9.52. The van der Waals surface area contributed by atoms with Gasteiger partial charge in [0, 0.05) is 16.9 Å². The Balaban J connectivity index is 2.30. The summed E-state index contributed by atoms with van der Waals surface area (Å²) in [5, 5.41) is 3.00. The molecule has 2 aromatic carbocycles. The van der Waals surface area contributed by atoms with Gasteiger partial charge in [0.05, 0.1) is 15.6 Å². The molecule has 0 aliphatic heterocycles. The summed E-state index contributed by atoms with van der Waals surface area (Å²) in [5.41, 5.74) is 7.16. The van der Waals surface area contributed by atoms with Gasteiger partial charge in [0.25, 0.3) is 5.91 Å². The number of carbonyl (C=O) groups is 2. The third kappa shape index (κ3) is 3.54. The minimum Gasteiger partial charge on any atom is -0.399 e. The highest BCUT2D eigenvalue weighted by Gasteiger charge is 2.14. The fourth-order valence-electron chi connectivity index (χ4n) is 1.79. The normalized spacial score (nSPS) is 10.2. The first-order chi connectivity index (χ1) is 9.88. The van der Waals surface area contributed by atoms with Crippen molar-refractivity contribution in [2.75, 3.05) is 11.1 Å². The number of nitrogen functional groups attached to an aromatic ring is 1. The molecule has 4 nitrogen and oxygen atoms in total. The van der Waals surface area contributed by atoms with Crippen molar-refractivity contribution in [2.45, 2.75) is 6.92 Å². The number of rotatable bonds is 3. The zero-order valence-electron chi connectivity index (χ0n) is 11.1. The Hall–Kier alpha value is -2.04. The standard InChI is InChI=1S/C15H12Cl2N2O2/c1-8(20)9-3-2-4-11(5-9)19-15(21)12-6-10(18)7-13(16)14(12)17/h2-7H,18H2,1H3,(H,19,21). The fraction of sp³-hybridized carbons (Fsp3) is 0.0667. The highest BCUT2D eigenvalue weighted by atomic mass is 35.5. The van der Waals surface area contributed by atoms with E-state index >= 15 is 0 Å². The summed E-state index contributed by atoms with van der Waals surface area (Å²) < 4.78 is 0. The lowest BCUT2D eigenvalue weighted by Gasteiger charge is -2.09. The topological polar surface area (TPSA) is 72.2 Å². The van der Waals surface area contributed by atoms with Gasteiger partial charge >= 0.3 is 0 Å². The van der Waals surface area contributed by atoms with Crippen LogP contribution in [-0.2, 0) is 0 Å². The lowest BCUT2D eigenvalue weighted by atomic mass is 10.1. The second-order valence-electron chi connectivity index (χ2n) is 4.46. The molecule has 108 valence electrons. The number of Topliss-reactive ketones (excluding diaryl/α,β-unsaturated/α-hetero) is 1. The van der Waals surface area contributed by atoms with E-state index < -0.39 is 5.91 Å². The van der Waals surface area contributed by atoms with E-state index in [1.54, 1.807) is 24.3 Å². The first-order valence-electron chi connectivity index (χ1n) is 6.05. The van der Waals surface area contributed by atoms with Crippen LogP contribution in [0.4, 0.5) is 11.4 Å². The predicted molar refractivity (Wildman–Crippen MR) is 85.3 cm³/mol. The Morgan fingerprint density at radius 1 is 1.14 bits per heavy atom. The molecular formula is C15H12Cl2N2O2. The number of carbonyl (C=O) groups excluding carboxylic acids is 2. The Labute approximate surface area is 131 Å². The SMILES string of the molecule is CC(=O)c1cccc(NC(=O)c2cc(N)cc(Cl)c2Cl)c1. The van der Waals surface area contributed by atoms with E-state index in [9.17, 15) is 9.59 Å². The minimum atomic E-state index is -0.449. The molecule has 0 aromatic heterocycles. The van der Waals surface area contributed by atoms with Gasteiger partial charge in [0.1, 0.15) is 0 Å². The lowest BCUT2D eigenvalue weighted by molar-refractivity contribution is 0.101. The molecule has 0 aliphatic rings. The van der Waals surface area contributed by atoms with Crippen molar-refractivity contribution in [1.82, 2.24) is 0 Å². The number of amides is 1. The van der Waals surface area contributed by atoms with Crippen molar-refractivity contribution in [3.8, 4) is 0 Å². The van der Waals surface area contributed by atoms with Crippen molar-refractivity contribution < 1.29 is 9.59 Å². The van der Waals surface area contributed by atoms with Crippen molar-refractivity contribution >= 4 is 46.3 Å². The quantitative estimate of drug-likeness (QED) is 0.661. The zero-order valence-corrected chi connectivity index (χ0v) is 12.6. The average molecular weight is 323 g/mol. The van der Waals surface area contributed by atoms with Crippen molar-refractivity contribution in [1.29, 1.82) is 0 Å². The average Bonchev–Trinajstić information content (AvgIpc) is 2.43. The molecule has 21 heavy (non-hydrogen) atoms. The minimum absolute atomic E-state index is 0.0869. The molecule has 0 heterocycles. The molecule has 0 atom stereocenters. The Morgan fingerprint density at radius 3 is 2.52 bits per heavy atom. The summed E-state index contributed by atoms with van der Waals surface area (Å²) >= 11 is 11.9. The second-order valence-corrected chi connectivity index (χ2v) is 5.24. The van der Waals surface area contributed by atoms with E-state index in [0.29, 0.717) is 16.9 Å². The molecule has 0 spiro atoms. The number of nitrogens with two attached hydrogens (primary N) is 1. The van der Waals surface area contributed by atoms with Crippen molar-refractivity contribution in [2.24, 2.45) is 0 Å². The van der Waals surface area contributed by atoms with Crippen LogP contribution in [0.2, 0.25) is 10.0 Å². The molecule has 0 aliphatic carbocycles. The van der Waals surface area contributed by atoms with Crippen LogP contribution in [0.15, 0.2) is 36.4 Å². The Morgan fingerprint density at radius 2 is 1.86 bits per heavy atom. The number of benzene rings is 2. The van der Waals surface area contributed by atoms with Gasteiger partial charge < -0.3 is 11.1 Å². The molecule has 0 unspecified atom stereocenters. The maximum Gasteiger partial charge on any atom is 0.257 e. The highest BCUT2D eigenvalue weighted by Crippen LogP contribution is 2.29. The van der Waals surface area contributed by atoms with E-state index in [1.165, 1.54) is 19.1 Å². The van der Waals surface area contributed by atoms with E-state index in [1.807, 2.05) is 0 Å². The summed E-state index contributed by atoms with van der Waals surface area (Å²) in [6.45, 7) is 1.45. The van der Waals surface area contributed by atoms with Crippen LogP contribution in [-0.4, -0.2) is 11.7 Å². The van der Waals surface area contributed by atoms with Crippen LogP contribution in [0.25, 0.3) is 0 Å². The van der Waals surface area contributed by atoms with Gasteiger partial charge in [0.15, 0.2) is 5.78 Å². The molecule has 2 aromatic rings. The molecule has 1 amide bonds. The van der Waals surface area contributed by atoms with Crippen LogP contribution in [0.1, 0.15) is 27.6 Å². The van der Waals surface area contributed by atoms with E-state index in [4.69, 9.17) is 28.9 Å². The molecule has 0 saturated heterocycles. The maximum absolute atomic E-state index is 12.2. The highest BCUT2D eigenvalue weighted by molar-refractivity contribution is 6.44. The molecular weight excluding hydrogens is 311 g/mol. The molecule has 0 fully saturated rings. The fourth-order valence-corrected chi connectivity index (χ4v) is 2.21. The smallest absolute Gasteiger partial charge is 0.257 e. The van der Waals surface area contributed by atoms with Crippen LogP contribution in [0.3, 0.4) is 0 Å². The van der Waals surface area contributed by atoms with Gasteiger partial charge in [-0.05, 0) is 31.2 Å². The van der Waals surface area contributed by atoms with Gasteiger partial charge in [0.2, 0.25) is 0 Å². The van der Waals surface area contributed by atoms with Gasteiger partial charge in [-0.15, -0.1) is 0 Å². The number of nitrogens with one attached hydrogen (secondary N) is 1. The van der Waals surface area contributed by atoms with Crippen molar-refractivity contribution in [3.63, 3.8) is 0 Å². The molecule has 2 rings (SSSR count). The summed E-state index contributed by atoms with van der Waals surface area (Å²) in [7, 11) is 0. The summed E-state index contributed by atoms with van der Waals surface area (Å²) in [6.07, 6.45) is 0. The number of hydrogen-bond acceptors (Lipinski definition) is 3. The van der Waals surface area contributed by atoms with Gasteiger partial charge in [-0.2, -0.15) is 0 Å². The molecule has 3 N–H and O–H groups in total. The van der Waals surface area contributed by atoms with Crippen LogP contribution >= 0.6 is 23.2 Å². The summed E-state index contributed by atoms with van der Waals surface area (Å²) in [5.74, 6) is -0.536. The molecule has 0 saturated carbocycles. The van der Waals surface area contributed by atoms with E-state index in [0.717, 1.165) is 0 Å². The number of hydrogen-bond donors (Lipinski definition) is 2. The number of halogens is 2. The van der Waals surface area contributed by atoms with Gasteiger partial charge in [-0.25, -0.2) is 0 Å². The Bertz CT molecular complexity index is 730. The molecule has 0 radical (unpaired) electrons. The third-order valence-corrected chi connectivity index (χ3v) is 3.62. The monoisotopic (exact) mass is 322 g/mol. The largest absolute Gasteiger partial charge is 0.399 e. The molecule has 6 heteroatoms. The second kappa shape index (κ2) is 6.16. The van der Waals surface area contributed by atoms with Gasteiger partial charge in [-0.3, -0.25) is 9.59 Å². The van der Waals surface area contributed by atoms with E-state index in [-0.39, 0.29) is 21.4 Å². The first kappa shape index (κ1) is 15.4. The van der Waals surface area contributed by atoms with Crippen LogP contribution in [0, 0.1) is 0 Å². The van der Waals surface area contributed by atoms with Gasteiger partial charge in [-0.1, -0.05) is 35.3 Å². The number of anilines is 2. The Kier molecular flexibility index (Phi) is 4.50. The first-order valence-corrected chi connectivity index (χ1v) is 6.81. The van der Waals surface area contributed by atoms with Crippen molar-refractivity contribution in [3.05, 3.63) is 57.6 Å². The lowest BCUT2D eigenvalue weighted by Crippen LogP contribution is -2.13. The van der Waals surface area contributed by atoms with E-state index in [2.05, 4.69) is 5.32 Å². The maximum atomic E-state index is 12.2. The van der Waals surface area contributed by atoms with Crippen LogP contribution in [0.5, 0.6) is 0 Å². The third-order valence-electron chi connectivity index (χ3n) is 2.82. The summed E-state index contributed by atoms with van der Waals surface area (Å²) in [4.78, 5) is 23.6. The molecule has 0 bridgehead atoms. The number of ketones is 1. The van der Waals surface area contributed by atoms with Crippen LogP contribution < -0.4 is 11.1 Å².